The Morgan fingerprint density at radius 3 is 1.74 bits per heavy atom. The Bertz CT molecular complexity index is 3070. The normalized spacial score (nSPS) is 10.8. The summed E-state index contributed by atoms with van der Waals surface area (Å²) in [4.78, 5) is 25.4. The predicted octanol–water partition coefficient (Wildman–Crippen LogP) is 11.3. The van der Waals surface area contributed by atoms with Crippen molar-refractivity contribution in [2.45, 2.75) is 61.9 Å². The van der Waals surface area contributed by atoms with E-state index >= 15 is 0 Å². The molecular formula is C53H54N14O3. The molecule has 0 saturated heterocycles. The highest BCUT2D eigenvalue weighted by Gasteiger charge is 2.14. The maximum atomic E-state index is 8.99. The number of hydrogen-bond acceptors (Lipinski definition) is 15. The molecule has 4 aromatic carbocycles. The molecule has 0 aliphatic heterocycles. The van der Waals surface area contributed by atoms with Crippen molar-refractivity contribution in [2.75, 3.05) is 41.5 Å². The smallest absolute Gasteiger partial charge is 0.271 e. The minimum Gasteiger partial charge on any atom is -0.394 e. The molecule has 0 radical (unpaired) electrons. The zero-order valence-electron chi connectivity index (χ0n) is 40.4. The quantitative estimate of drug-likeness (QED) is 0.0425. The van der Waals surface area contributed by atoms with Crippen LogP contribution in [0, 0.1) is 68.3 Å². The number of rotatable bonds is 15. The van der Waals surface area contributed by atoms with Gasteiger partial charge in [-0.15, -0.1) is 0 Å². The van der Waals surface area contributed by atoms with Crippen molar-refractivity contribution < 1.29 is 14.2 Å². The second-order valence-corrected chi connectivity index (χ2v) is 15.3. The van der Waals surface area contributed by atoms with E-state index in [4.69, 9.17) is 42.3 Å². The first-order chi connectivity index (χ1) is 33.8. The van der Waals surface area contributed by atoms with Gasteiger partial charge in [-0.3, -0.25) is 4.57 Å². The monoisotopic (exact) mass is 934 g/mol. The van der Waals surface area contributed by atoms with Gasteiger partial charge in [0.15, 0.2) is 17.7 Å². The zero-order chi connectivity index (χ0) is 50.6. The van der Waals surface area contributed by atoms with Gasteiger partial charge in [-0.25, -0.2) is 19.8 Å². The maximum Gasteiger partial charge on any atom is 0.271 e. The Morgan fingerprint density at radius 2 is 1.24 bits per heavy atom. The molecule has 0 unspecified atom stereocenters. The van der Waals surface area contributed by atoms with Crippen LogP contribution in [0.3, 0.4) is 0 Å². The molecule has 3 heterocycles. The van der Waals surface area contributed by atoms with Gasteiger partial charge in [-0.05, 0) is 156 Å². The predicted molar refractivity (Wildman–Crippen MR) is 274 cm³/mol. The van der Waals surface area contributed by atoms with Crippen molar-refractivity contribution in [2.24, 2.45) is 0 Å². The van der Waals surface area contributed by atoms with Crippen LogP contribution in [0.15, 0.2) is 103 Å². The van der Waals surface area contributed by atoms with Crippen molar-refractivity contribution in [3.8, 4) is 23.9 Å². The van der Waals surface area contributed by atoms with Gasteiger partial charge in [-0.1, -0.05) is 18.2 Å². The molecular weight excluding hydrogens is 881 g/mol. The molecule has 0 saturated carbocycles. The number of imidazole rings is 1. The standard InChI is InChI=1S/C23H17N7.C23H21N7.C7H16O3/c1-15-10-18(8-9-25-3)11-16(2)21(15)30-14-27-20-13-26-23(29-22(20)30)28-19-6-4-17(12-24)5-7-19;1-14(11-24)8-18-9-15(2)21(16(3)10-18)29-22-20(26)13-27-23(30-22)28-19-6-4-17(12-25)5-7-19;1-4-8-7(9-5-2)10-6-3/h4-11,13-14H,1-2H3,(H,26,28,29);4-10,13H,26H2,1-3H3,(H2,27,28,29,30);7H,4-6H2,1-3H3/b9-8+;14-8+;. The molecule has 0 spiro atoms. The fourth-order valence-electron chi connectivity index (χ4n) is 6.92. The third-order valence-electron chi connectivity index (χ3n) is 10.0. The van der Waals surface area contributed by atoms with Gasteiger partial charge in [0.2, 0.25) is 11.9 Å². The summed E-state index contributed by atoms with van der Waals surface area (Å²) in [5, 5.41) is 36.4. The second kappa shape index (κ2) is 25.8. The van der Waals surface area contributed by atoms with Crippen LogP contribution in [0.2, 0.25) is 0 Å². The van der Waals surface area contributed by atoms with Crippen molar-refractivity contribution in [3.63, 3.8) is 0 Å². The van der Waals surface area contributed by atoms with Crippen LogP contribution >= 0.6 is 0 Å². The molecule has 0 amide bonds. The van der Waals surface area contributed by atoms with Gasteiger partial charge in [0, 0.05) is 42.5 Å². The number of anilines is 7. The number of nitrogen functional groups attached to an aromatic ring is 1. The number of allylic oxidation sites excluding steroid dienone is 1. The lowest BCUT2D eigenvalue weighted by Gasteiger charge is -2.15. The Morgan fingerprint density at radius 1 is 0.729 bits per heavy atom. The summed E-state index contributed by atoms with van der Waals surface area (Å²) in [6.07, 6.45) is 10.1. The number of aromatic nitrogens is 6. The third-order valence-corrected chi connectivity index (χ3v) is 10.0. The average Bonchev–Trinajstić information content (AvgIpc) is 3.76. The third kappa shape index (κ3) is 14.5. The highest BCUT2D eigenvalue weighted by molar-refractivity contribution is 5.77. The molecule has 0 bridgehead atoms. The number of nitrogens with two attached hydrogens (primary N) is 1. The molecule has 0 aliphatic carbocycles. The van der Waals surface area contributed by atoms with Gasteiger partial charge in [-0.2, -0.15) is 25.8 Å². The van der Waals surface area contributed by atoms with E-state index in [0.29, 0.717) is 71.1 Å². The zero-order valence-corrected chi connectivity index (χ0v) is 40.4. The van der Waals surface area contributed by atoms with Gasteiger partial charge in [0.1, 0.15) is 11.8 Å². The minimum absolute atomic E-state index is 0.385. The van der Waals surface area contributed by atoms with Crippen molar-refractivity contribution in [1.82, 2.24) is 29.5 Å². The lowest BCUT2D eigenvalue weighted by atomic mass is 10.0. The minimum atomic E-state index is -0.472. The second-order valence-electron chi connectivity index (χ2n) is 15.3. The van der Waals surface area contributed by atoms with Crippen LogP contribution < -0.4 is 21.7 Å². The van der Waals surface area contributed by atoms with Gasteiger partial charge in [0.05, 0.1) is 59.7 Å². The van der Waals surface area contributed by atoms with E-state index in [1.54, 1.807) is 68.1 Å². The molecule has 0 aliphatic rings. The number of ether oxygens (including phenoxy) is 3. The Hall–Kier alpha value is -8.97. The molecule has 70 heavy (non-hydrogen) atoms. The molecule has 3 aromatic heterocycles. The van der Waals surface area contributed by atoms with Crippen LogP contribution in [-0.4, -0.2) is 55.8 Å². The Kier molecular flexibility index (Phi) is 19.2. The SMILES string of the molecule is C/C(C#N)=C\c1cc(C)c(Nc2nc(Nc3ccc(C#N)cc3)ncc2N)c(C)c1.CCOC(OCC)OCC.[C-]#[N+]/C=C/c1cc(C)c(-n2cnc3cnc(Nc4ccc(C#N)cc4)nc32)c(C)c1. The molecule has 7 rings (SSSR count). The molecule has 17 nitrogen and oxygen atoms in total. The summed E-state index contributed by atoms with van der Waals surface area (Å²) in [5.41, 5.74) is 19.2. The first-order valence-electron chi connectivity index (χ1n) is 22.2. The summed E-state index contributed by atoms with van der Waals surface area (Å²) in [6, 6.07) is 28.5. The van der Waals surface area contributed by atoms with E-state index in [1.807, 2.05) is 95.5 Å². The average molecular weight is 935 g/mol. The summed E-state index contributed by atoms with van der Waals surface area (Å²) in [7, 11) is 0. The van der Waals surface area contributed by atoms with Crippen LogP contribution in [0.25, 0.3) is 33.8 Å². The fourth-order valence-corrected chi connectivity index (χ4v) is 6.92. The van der Waals surface area contributed by atoms with E-state index < -0.39 is 6.48 Å². The van der Waals surface area contributed by atoms with E-state index in [9.17, 15) is 0 Å². The van der Waals surface area contributed by atoms with Crippen LogP contribution in [0.4, 0.5) is 40.5 Å². The lowest BCUT2D eigenvalue weighted by molar-refractivity contribution is -0.282. The largest absolute Gasteiger partial charge is 0.394 e. The molecule has 5 N–H and O–H groups in total. The topological polar surface area (TPSA) is 235 Å². The maximum absolute atomic E-state index is 8.99. The van der Waals surface area contributed by atoms with Gasteiger partial charge < -0.3 is 35.9 Å². The van der Waals surface area contributed by atoms with E-state index in [2.05, 4.69) is 63.9 Å². The number of fused-ring (bicyclic) bond motifs is 1. The molecule has 7 aromatic rings. The first kappa shape index (κ1) is 52.0. The van der Waals surface area contributed by atoms with Crippen molar-refractivity contribution >= 4 is 63.8 Å². The van der Waals surface area contributed by atoms with Crippen LogP contribution in [0.1, 0.15) is 72.2 Å². The number of nitriles is 3. The Balaban J connectivity index is 0.000000219. The number of benzene rings is 4. The summed E-state index contributed by atoms with van der Waals surface area (Å²) in [6.45, 7) is 23.8. The van der Waals surface area contributed by atoms with E-state index in [1.165, 1.54) is 6.20 Å². The number of nitrogens with zero attached hydrogens (tertiary/aromatic N) is 10. The van der Waals surface area contributed by atoms with Crippen LogP contribution in [0.5, 0.6) is 0 Å². The number of nitrogens with one attached hydrogen (secondary N) is 3. The number of hydrogen-bond donors (Lipinski definition) is 4. The van der Waals surface area contributed by atoms with Gasteiger partial charge >= 0.3 is 0 Å². The molecule has 17 heteroatoms. The highest BCUT2D eigenvalue weighted by Crippen LogP contribution is 2.30. The van der Waals surface area contributed by atoms with E-state index in [-0.39, 0.29) is 0 Å². The van der Waals surface area contributed by atoms with Crippen molar-refractivity contribution in [3.05, 3.63) is 159 Å². The molecule has 0 fully saturated rings. The lowest BCUT2D eigenvalue weighted by Crippen LogP contribution is -2.20. The number of aryl methyl sites for hydroxylation is 4. The van der Waals surface area contributed by atoms with Crippen LogP contribution in [-0.2, 0) is 14.2 Å². The summed E-state index contributed by atoms with van der Waals surface area (Å²) >= 11 is 0. The Labute approximate surface area is 408 Å². The highest BCUT2D eigenvalue weighted by atomic mass is 16.8. The van der Waals surface area contributed by atoms with Crippen molar-refractivity contribution in [1.29, 1.82) is 15.8 Å². The van der Waals surface area contributed by atoms with E-state index in [0.717, 1.165) is 56.1 Å². The summed E-state index contributed by atoms with van der Waals surface area (Å²) in [5.74, 6) is 1.32. The fraction of sp³-hybridized carbons (Fsp3) is 0.226. The summed E-state index contributed by atoms with van der Waals surface area (Å²) < 4.78 is 17.2. The van der Waals surface area contributed by atoms with Gasteiger partial charge in [0.25, 0.3) is 6.48 Å². The molecule has 0 atom stereocenters. The first-order valence-corrected chi connectivity index (χ1v) is 22.2. The molecule has 354 valence electrons.